The maximum atomic E-state index is 12.4. The van der Waals surface area contributed by atoms with E-state index >= 15 is 0 Å². The molecule has 0 saturated heterocycles. The predicted molar refractivity (Wildman–Crippen MR) is 115 cm³/mol. The van der Waals surface area contributed by atoms with Crippen molar-refractivity contribution < 1.29 is 26.6 Å². The Kier molecular flexibility index (Phi) is 7.26. The minimum Gasteiger partial charge on any atom is -0.870 e. The van der Waals surface area contributed by atoms with Crippen LogP contribution in [0.25, 0.3) is 16.7 Å². The normalized spacial score (nSPS) is 12.7. The summed E-state index contributed by atoms with van der Waals surface area (Å²) in [6.45, 7) is 6.46. The topological polar surface area (TPSA) is 36.2 Å². The second kappa shape index (κ2) is 9.05. The second-order valence-electron chi connectivity index (χ2n) is 7.20. The molecule has 1 aliphatic carbocycles. The Morgan fingerprint density at radius 1 is 1.04 bits per heavy atom. The van der Waals surface area contributed by atoms with Crippen LogP contribution in [0.1, 0.15) is 32.1 Å². The maximum absolute atomic E-state index is 12.4. The SMILES string of the molecule is CC(C)(C)c1cc(I)cc2cc(C([O-])=C3C=CC=C3)oc12.[Fe+2].c1cc[cH-]c1. The van der Waals surface area contributed by atoms with Crippen molar-refractivity contribution in [3.8, 4) is 0 Å². The molecule has 0 atom stereocenters. The third-order valence-corrected chi connectivity index (χ3v) is 4.72. The molecule has 1 heterocycles. The molecule has 0 N–H and O–H groups in total. The number of hydrogen-bond donors (Lipinski definition) is 0. The van der Waals surface area contributed by atoms with Crippen molar-refractivity contribution in [3.63, 3.8) is 0 Å². The Morgan fingerprint density at radius 3 is 2.19 bits per heavy atom. The summed E-state index contributed by atoms with van der Waals surface area (Å²) in [5, 5.41) is 13.4. The molecule has 4 heteroatoms. The van der Waals surface area contributed by atoms with E-state index in [1.54, 1.807) is 0 Å². The van der Waals surface area contributed by atoms with Crippen LogP contribution in [-0.4, -0.2) is 0 Å². The number of hydrogen-bond acceptors (Lipinski definition) is 2. The molecule has 0 spiro atoms. The van der Waals surface area contributed by atoms with E-state index in [9.17, 15) is 5.11 Å². The molecule has 0 saturated carbocycles. The fraction of sp³-hybridized carbons (Fsp3) is 0.174. The number of furan rings is 1. The standard InChI is InChI=1S/C18H17IO2.C5H5.Fe/c1-18(2,3)14-10-13(19)8-12-9-15(21-17(12)14)16(20)11-6-4-5-7-11;1-2-4-5-3-1;/h4-10,20H,1-3H3;1-5H;/q;-1;+2/p-1. The molecular weight excluding hydrogens is 491 g/mol. The molecule has 1 aliphatic rings. The van der Waals surface area contributed by atoms with Crippen molar-refractivity contribution >= 4 is 39.3 Å². The molecule has 3 aromatic rings. The summed E-state index contributed by atoms with van der Waals surface area (Å²) in [6.07, 6.45) is 7.34. The average molecular weight is 512 g/mol. The van der Waals surface area contributed by atoms with Crippen LogP contribution < -0.4 is 5.11 Å². The van der Waals surface area contributed by atoms with Gasteiger partial charge >= 0.3 is 17.1 Å². The first kappa shape index (κ1) is 21.7. The first-order chi connectivity index (χ1) is 12.4. The third-order valence-electron chi connectivity index (χ3n) is 4.09. The van der Waals surface area contributed by atoms with Gasteiger partial charge in [0, 0.05) is 14.5 Å². The first-order valence-electron chi connectivity index (χ1n) is 8.53. The summed E-state index contributed by atoms with van der Waals surface area (Å²) in [5.41, 5.74) is 2.59. The monoisotopic (exact) mass is 512 g/mol. The van der Waals surface area contributed by atoms with Gasteiger partial charge in [0.05, 0.1) is 0 Å². The molecule has 0 bridgehead atoms. The van der Waals surface area contributed by atoms with E-state index in [4.69, 9.17) is 4.42 Å². The van der Waals surface area contributed by atoms with E-state index in [2.05, 4.69) is 55.5 Å². The molecule has 0 radical (unpaired) electrons. The predicted octanol–water partition coefficient (Wildman–Crippen LogP) is 5.94. The minimum atomic E-state index is -0.0638. The molecule has 140 valence electrons. The van der Waals surface area contributed by atoms with Crippen LogP contribution in [0.3, 0.4) is 0 Å². The van der Waals surface area contributed by atoms with Gasteiger partial charge in [-0.25, -0.2) is 12.1 Å². The summed E-state index contributed by atoms with van der Waals surface area (Å²) in [4.78, 5) is 0. The van der Waals surface area contributed by atoms with Gasteiger partial charge in [-0.2, -0.15) is 18.2 Å². The quantitative estimate of drug-likeness (QED) is 0.175. The Morgan fingerprint density at radius 2 is 1.67 bits per heavy atom. The number of fused-ring (bicyclic) bond motifs is 1. The maximum Gasteiger partial charge on any atom is 2.00 e. The largest absolute Gasteiger partial charge is 2.00 e. The molecule has 2 nitrogen and oxygen atoms in total. The Labute approximate surface area is 184 Å². The zero-order chi connectivity index (χ0) is 18.7. The van der Waals surface area contributed by atoms with E-state index in [1.807, 2.05) is 60.7 Å². The van der Waals surface area contributed by atoms with Crippen LogP contribution in [0, 0.1) is 3.57 Å². The molecule has 0 amide bonds. The van der Waals surface area contributed by atoms with Crippen molar-refractivity contribution in [3.05, 3.63) is 93.3 Å². The molecule has 0 fully saturated rings. The molecule has 0 unspecified atom stereocenters. The Hall–Kier alpha value is -1.62. The zero-order valence-corrected chi connectivity index (χ0v) is 18.7. The van der Waals surface area contributed by atoms with Gasteiger partial charge in [0.15, 0.2) is 0 Å². The number of halogens is 1. The number of benzene rings is 1. The molecule has 1 aromatic heterocycles. The molecular formula is C23H21FeIO2. The average Bonchev–Trinajstić information content (AvgIpc) is 3.33. The smallest absolute Gasteiger partial charge is 0.870 e. The van der Waals surface area contributed by atoms with Gasteiger partial charge in [-0.15, -0.1) is 0 Å². The van der Waals surface area contributed by atoms with Crippen LogP contribution in [-0.2, 0) is 22.5 Å². The van der Waals surface area contributed by atoms with Crippen LogP contribution in [0.15, 0.2) is 82.8 Å². The minimum absolute atomic E-state index is 0. The summed E-state index contributed by atoms with van der Waals surface area (Å²) in [7, 11) is 0. The van der Waals surface area contributed by atoms with E-state index in [1.165, 1.54) is 0 Å². The van der Waals surface area contributed by atoms with Gasteiger partial charge in [-0.1, -0.05) is 50.8 Å². The van der Waals surface area contributed by atoms with E-state index in [-0.39, 0.29) is 28.2 Å². The van der Waals surface area contributed by atoms with Crippen LogP contribution >= 0.6 is 22.6 Å². The summed E-state index contributed by atoms with van der Waals surface area (Å²) in [5.74, 6) is 0.342. The van der Waals surface area contributed by atoms with Gasteiger partial charge in [-0.05, 0) is 51.8 Å². The van der Waals surface area contributed by atoms with Gasteiger partial charge in [0.25, 0.3) is 0 Å². The molecule has 4 rings (SSSR count). The Balaban J connectivity index is 0.000000379. The van der Waals surface area contributed by atoms with Crippen molar-refractivity contribution in [1.82, 2.24) is 0 Å². The van der Waals surface area contributed by atoms with Gasteiger partial charge in [0.1, 0.15) is 11.3 Å². The second-order valence-corrected chi connectivity index (χ2v) is 8.44. The van der Waals surface area contributed by atoms with Crippen LogP contribution in [0.2, 0.25) is 0 Å². The van der Waals surface area contributed by atoms with Gasteiger partial charge < -0.3 is 9.52 Å². The van der Waals surface area contributed by atoms with Crippen molar-refractivity contribution in [1.29, 1.82) is 0 Å². The molecule has 2 aromatic carbocycles. The third kappa shape index (κ3) is 5.22. The molecule has 0 aliphatic heterocycles. The van der Waals surface area contributed by atoms with Crippen molar-refractivity contribution in [2.24, 2.45) is 0 Å². The Bertz CT molecular complexity index is 952. The van der Waals surface area contributed by atoms with Crippen molar-refractivity contribution in [2.45, 2.75) is 26.2 Å². The first-order valence-corrected chi connectivity index (χ1v) is 9.61. The van der Waals surface area contributed by atoms with E-state index in [0.29, 0.717) is 11.3 Å². The number of allylic oxidation sites excluding steroid dienone is 5. The van der Waals surface area contributed by atoms with Gasteiger partial charge in [-0.3, -0.25) is 0 Å². The van der Waals surface area contributed by atoms with Crippen LogP contribution in [0.5, 0.6) is 0 Å². The fourth-order valence-corrected chi connectivity index (χ4v) is 3.42. The van der Waals surface area contributed by atoms with Crippen molar-refractivity contribution in [2.75, 3.05) is 0 Å². The summed E-state index contributed by atoms with van der Waals surface area (Å²) < 4.78 is 7.06. The van der Waals surface area contributed by atoms with Gasteiger partial charge in [0.2, 0.25) is 0 Å². The summed E-state index contributed by atoms with van der Waals surface area (Å²) in [6, 6.07) is 16.0. The van der Waals surface area contributed by atoms with E-state index < -0.39 is 0 Å². The molecule has 27 heavy (non-hydrogen) atoms. The zero-order valence-electron chi connectivity index (χ0n) is 15.5. The van der Waals surface area contributed by atoms with E-state index in [0.717, 1.165) is 20.1 Å². The summed E-state index contributed by atoms with van der Waals surface area (Å²) >= 11 is 2.30. The fourth-order valence-electron chi connectivity index (χ4n) is 2.77. The number of rotatable bonds is 1. The van der Waals surface area contributed by atoms with Crippen LogP contribution in [0.4, 0.5) is 0 Å².